The number of benzene rings is 4. The minimum absolute atomic E-state index is 0.211. The Labute approximate surface area is 209 Å². The summed E-state index contributed by atoms with van der Waals surface area (Å²) in [5.41, 5.74) is 4.70. The molecule has 0 atom stereocenters. The van der Waals surface area contributed by atoms with Crippen molar-refractivity contribution >= 4 is 39.1 Å². The number of rotatable bonds is 6. The van der Waals surface area contributed by atoms with E-state index < -0.39 is 15.9 Å². The number of para-hydroxylation sites is 1. The third-order valence-corrected chi connectivity index (χ3v) is 8.82. The second kappa shape index (κ2) is 9.60. The molecule has 7 heteroatoms. The minimum atomic E-state index is -3.86. The van der Waals surface area contributed by atoms with E-state index in [0.717, 1.165) is 22.4 Å². The van der Waals surface area contributed by atoms with Gasteiger partial charge in [0.25, 0.3) is 10.0 Å². The van der Waals surface area contributed by atoms with E-state index in [-0.39, 0.29) is 11.4 Å². The Balaban J connectivity index is 1.33. The van der Waals surface area contributed by atoms with E-state index in [1.165, 1.54) is 9.20 Å². The quantitative estimate of drug-likeness (QED) is 0.325. The lowest BCUT2D eigenvalue weighted by Gasteiger charge is -2.31. The van der Waals surface area contributed by atoms with Crippen molar-refractivity contribution in [1.82, 2.24) is 0 Å². The summed E-state index contributed by atoms with van der Waals surface area (Å²) < 4.78 is 28.0. The van der Waals surface area contributed by atoms with E-state index in [4.69, 9.17) is 0 Å². The zero-order valence-corrected chi connectivity index (χ0v) is 20.8. The van der Waals surface area contributed by atoms with Crippen LogP contribution in [0.15, 0.2) is 107 Å². The van der Waals surface area contributed by atoms with Gasteiger partial charge in [0.1, 0.15) is 6.54 Å². The average Bonchev–Trinajstić information content (AvgIpc) is 2.87. The number of carbonyl (C=O) groups is 1. The standard InChI is InChI=1S/C28H24N2O3S2/c1-20-17-21(19-34-22-9-3-2-4-10-22)15-16-25(20)29-28(31)18-30-26-13-7-5-11-23(26)24-12-6-8-14-27(24)35(30,32)33/h2-17H,18-19H2,1H3,(H,29,31). The molecule has 5 rings (SSSR count). The molecule has 1 aliphatic heterocycles. The summed E-state index contributed by atoms with van der Waals surface area (Å²) in [6, 6.07) is 30.3. The van der Waals surface area contributed by atoms with Crippen molar-refractivity contribution in [2.45, 2.75) is 22.5 Å². The number of fused-ring (bicyclic) bond motifs is 3. The lowest BCUT2D eigenvalue weighted by Crippen LogP contribution is -2.40. The van der Waals surface area contributed by atoms with Gasteiger partial charge >= 0.3 is 0 Å². The molecule has 1 aliphatic rings. The average molecular weight is 501 g/mol. The van der Waals surface area contributed by atoms with Gasteiger partial charge in [0.15, 0.2) is 0 Å². The van der Waals surface area contributed by atoms with Crippen molar-refractivity contribution in [2.75, 3.05) is 16.2 Å². The summed E-state index contributed by atoms with van der Waals surface area (Å²) in [5, 5.41) is 2.90. The fourth-order valence-electron chi connectivity index (χ4n) is 4.21. The molecule has 1 N–H and O–H groups in total. The van der Waals surface area contributed by atoms with Crippen LogP contribution in [0, 0.1) is 6.92 Å². The topological polar surface area (TPSA) is 66.5 Å². The highest BCUT2D eigenvalue weighted by atomic mass is 32.2. The highest BCUT2D eigenvalue weighted by molar-refractivity contribution is 7.98. The Morgan fingerprint density at radius 3 is 2.31 bits per heavy atom. The molecule has 0 aromatic heterocycles. The normalized spacial score (nSPS) is 13.6. The van der Waals surface area contributed by atoms with Crippen LogP contribution in [0.25, 0.3) is 11.1 Å². The third-order valence-electron chi connectivity index (χ3n) is 5.92. The number of hydrogen-bond donors (Lipinski definition) is 1. The van der Waals surface area contributed by atoms with E-state index in [9.17, 15) is 13.2 Å². The smallest absolute Gasteiger partial charge is 0.265 e. The minimum Gasteiger partial charge on any atom is -0.324 e. The monoisotopic (exact) mass is 500 g/mol. The molecule has 1 heterocycles. The lowest BCUT2D eigenvalue weighted by molar-refractivity contribution is -0.114. The maximum atomic E-state index is 13.4. The van der Waals surface area contributed by atoms with Gasteiger partial charge in [-0.15, -0.1) is 11.8 Å². The Kier molecular flexibility index (Phi) is 6.36. The maximum Gasteiger partial charge on any atom is 0.265 e. The van der Waals surface area contributed by atoms with Crippen molar-refractivity contribution in [3.8, 4) is 11.1 Å². The van der Waals surface area contributed by atoms with Crippen LogP contribution in [-0.2, 0) is 20.6 Å². The predicted molar refractivity (Wildman–Crippen MR) is 142 cm³/mol. The Morgan fingerprint density at radius 1 is 0.857 bits per heavy atom. The summed E-state index contributed by atoms with van der Waals surface area (Å²) >= 11 is 1.75. The molecule has 4 aromatic carbocycles. The SMILES string of the molecule is Cc1cc(CSc2ccccc2)ccc1NC(=O)CN1c2ccccc2-c2ccccc2S1(=O)=O. The number of hydrogen-bond acceptors (Lipinski definition) is 4. The van der Waals surface area contributed by atoms with Crippen molar-refractivity contribution < 1.29 is 13.2 Å². The van der Waals surface area contributed by atoms with Gasteiger partial charge in [-0.1, -0.05) is 66.7 Å². The number of thioether (sulfide) groups is 1. The number of sulfonamides is 1. The van der Waals surface area contributed by atoms with Crippen LogP contribution in [-0.4, -0.2) is 20.9 Å². The van der Waals surface area contributed by atoms with Gasteiger partial charge in [-0.25, -0.2) is 8.42 Å². The first kappa shape index (κ1) is 23.2. The molecule has 176 valence electrons. The van der Waals surface area contributed by atoms with Crippen LogP contribution in [0.2, 0.25) is 0 Å². The van der Waals surface area contributed by atoms with E-state index in [0.29, 0.717) is 16.9 Å². The molecule has 35 heavy (non-hydrogen) atoms. The Hall–Kier alpha value is -3.55. The van der Waals surface area contributed by atoms with Gasteiger partial charge in [-0.05, 0) is 48.4 Å². The van der Waals surface area contributed by atoms with Gasteiger partial charge in [0.05, 0.1) is 10.6 Å². The highest BCUT2D eigenvalue weighted by Gasteiger charge is 2.35. The van der Waals surface area contributed by atoms with Gasteiger partial charge in [-0.2, -0.15) is 0 Å². The van der Waals surface area contributed by atoms with Crippen molar-refractivity contribution in [3.63, 3.8) is 0 Å². The summed E-state index contributed by atoms with van der Waals surface area (Å²) in [7, 11) is -3.86. The second-order valence-corrected chi connectivity index (χ2v) is 11.2. The Bertz CT molecular complexity index is 1500. The van der Waals surface area contributed by atoms with Crippen LogP contribution in [0.3, 0.4) is 0 Å². The van der Waals surface area contributed by atoms with Crippen LogP contribution in [0.1, 0.15) is 11.1 Å². The molecule has 5 nitrogen and oxygen atoms in total. The van der Waals surface area contributed by atoms with Crippen molar-refractivity contribution in [2.24, 2.45) is 0 Å². The number of amides is 1. The van der Waals surface area contributed by atoms with Gasteiger partial charge in [-0.3, -0.25) is 9.10 Å². The van der Waals surface area contributed by atoms with E-state index in [1.807, 2.05) is 55.5 Å². The number of carbonyl (C=O) groups excluding carboxylic acids is 1. The van der Waals surface area contributed by atoms with Crippen LogP contribution in [0.5, 0.6) is 0 Å². The van der Waals surface area contributed by atoms with Crippen molar-refractivity contribution in [3.05, 3.63) is 108 Å². The third kappa shape index (κ3) is 4.70. The molecule has 4 aromatic rings. The number of nitrogens with zero attached hydrogens (tertiary/aromatic N) is 1. The molecule has 0 unspecified atom stereocenters. The highest BCUT2D eigenvalue weighted by Crippen LogP contribution is 2.42. The molecule has 0 bridgehead atoms. The molecule has 0 saturated carbocycles. The van der Waals surface area contributed by atoms with E-state index >= 15 is 0 Å². The van der Waals surface area contributed by atoms with Crippen molar-refractivity contribution in [1.29, 1.82) is 0 Å². The molecule has 1 amide bonds. The fourth-order valence-corrected chi connectivity index (χ4v) is 6.72. The first-order chi connectivity index (χ1) is 16.9. The summed E-state index contributed by atoms with van der Waals surface area (Å²) in [6.07, 6.45) is 0. The summed E-state index contributed by atoms with van der Waals surface area (Å²) in [5.74, 6) is 0.429. The predicted octanol–water partition coefficient (Wildman–Crippen LogP) is 6.10. The maximum absolute atomic E-state index is 13.4. The first-order valence-corrected chi connectivity index (χ1v) is 13.6. The van der Waals surface area contributed by atoms with Gasteiger partial charge < -0.3 is 5.32 Å². The van der Waals surface area contributed by atoms with Gasteiger partial charge in [0.2, 0.25) is 5.91 Å². The number of nitrogens with one attached hydrogen (secondary N) is 1. The van der Waals surface area contributed by atoms with Crippen LogP contribution < -0.4 is 9.62 Å². The number of anilines is 2. The molecule has 0 fully saturated rings. The fraction of sp³-hybridized carbons (Fsp3) is 0.107. The summed E-state index contributed by atoms with van der Waals surface area (Å²) in [6.45, 7) is 1.63. The molecule has 0 radical (unpaired) electrons. The van der Waals surface area contributed by atoms with Crippen LogP contribution >= 0.6 is 11.8 Å². The van der Waals surface area contributed by atoms with Crippen LogP contribution in [0.4, 0.5) is 11.4 Å². The second-order valence-electron chi connectivity index (χ2n) is 8.32. The molecule has 0 spiro atoms. The molecule has 0 aliphatic carbocycles. The summed E-state index contributed by atoms with van der Waals surface area (Å²) in [4.78, 5) is 14.4. The van der Waals surface area contributed by atoms with Gasteiger partial charge in [0, 0.05) is 27.5 Å². The first-order valence-electron chi connectivity index (χ1n) is 11.2. The lowest BCUT2D eigenvalue weighted by atomic mass is 10.0. The van der Waals surface area contributed by atoms with E-state index in [1.54, 1.807) is 42.1 Å². The molecular formula is C28H24N2O3S2. The largest absolute Gasteiger partial charge is 0.324 e. The number of aryl methyl sites for hydroxylation is 1. The van der Waals surface area contributed by atoms with E-state index in [2.05, 4.69) is 23.5 Å². The Morgan fingerprint density at radius 2 is 1.54 bits per heavy atom. The zero-order chi connectivity index (χ0) is 24.4. The molecular weight excluding hydrogens is 476 g/mol. The zero-order valence-electron chi connectivity index (χ0n) is 19.1. The molecule has 0 saturated heterocycles.